The van der Waals surface area contributed by atoms with E-state index in [2.05, 4.69) is 10.6 Å². The summed E-state index contributed by atoms with van der Waals surface area (Å²) in [7, 11) is 0. The number of carbonyl (C=O) groups is 2. The lowest BCUT2D eigenvalue weighted by Crippen LogP contribution is -2.42. The average molecular weight is 231 g/mol. The molecule has 0 aliphatic heterocycles. The highest BCUT2D eigenvalue weighted by Crippen LogP contribution is 2.05. The highest BCUT2D eigenvalue weighted by Gasteiger charge is 2.15. The summed E-state index contributed by atoms with van der Waals surface area (Å²) < 4.78 is 5.00. The minimum Gasteiger partial charge on any atom is -0.444 e. The van der Waals surface area contributed by atoms with Gasteiger partial charge in [-0.3, -0.25) is 4.79 Å². The summed E-state index contributed by atoms with van der Waals surface area (Å²) in [6, 6.07) is -0.540. The molecule has 0 aromatic rings. The summed E-state index contributed by atoms with van der Waals surface area (Å²) in [4.78, 5) is 22.2. The minimum atomic E-state index is -0.540. The van der Waals surface area contributed by atoms with Gasteiger partial charge in [-0.25, -0.2) is 4.79 Å². The van der Waals surface area contributed by atoms with Crippen LogP contribution in [0.4, 0.5) is 4.79 Å². The van der Waals surface area contributed by atoms with Crippen molar-refractivity contribution < 1.29 is 14.3 Å². The zero-order chi connectivity index (χ0) is 12.8. The van der Waals surface area contributed by atoms with Crippen LogP contribution in [0, 0.1) is 0 Å². The Morgan fingerprint density at radius 1 is 1.25 bits per heavy atom. The number of nitrogens with one attached hydrogen (secondary N) is 2. The maximum absolute atomic E-state index is 11.2. The van der Waals surface area contributed by atoms with Crippen LogP contribution in [0.25, 0.3) is 0 Å². The first kappa shape index (κ1) is 14.7. The molecule has 0 rings (SSSR count). The Bertz CT molecular complexity index is 246. The number of rotatable bonds is 4. The standard InChI is InChI=1S/C10H21N3O3/c1-7(11)8(14)12-5-6-13-9(15)16-10(2,3)4/h7H,5-6,11H2,1-4H3,(H,12,14)(H,13,15)/t7-/m0/s1. The summed E-state index contributed by atoms with van der Waals surface area (Å²) in [5.74, 6) is -0.244. The maximum atomic E-state index is 11.2. The fourth-order valence-electron chi connectivity index (χ4n) is 0.825. The first-order valence-electron chi connectivity index (χ1n) is 5.22. The van der Waals surface area contributed by atoms with Crippen molar-refractivity contribution in [3.63, 3.8) is 0 Å². The number of amides is 2. The normalized spacial score (nSPS) is 12.8. The SMILES string of the molecule is C[C@H](N)C(=O)NCCNC(=O)OC(C)(C)C. The topological polar surface area (TPSA) is 93.5 Å². The lowest BCUT2D eigenvalue weighted by Gasteiger charge is -2.19. The van der Waals surface area contributed by atoms with Gasteiger partial charge in [0.05, 0.1) is 6.04 Å². The molecule has 0 aromatic carbocycles. The van der Waals surface area contributed by atoms with Crippen molar-refractivity contribution in [2.75, 3.05) is 13.1 Å². The Labute approximate surface area is 95.9 Å². The molecule has 0 bridgehead atoms. The van der Waals surface area contributed by atoms with Crippen LogP contribution in [0.2, 0.25) is 0 Å². The van der Waals surface area contributed by atoms with Crippen molar-refractivity contribution in [2.24, 2.45) is 5.73 Å². The Morgan fingerprint density at radius 2 is 1.75 bits per heavy atom. The molecule has 0 radical (unpaired) electrons. The third-order valence-electron chi connectivity index (χ3n) is 1.51. The fraction of sp³-hybridized carbons (Fsp3) is 0.800. The monoisotopic (exact) mass is 231 g/mol. The zero-order valence-electron chi connectivity index (χ0n) is 10.3. The number of hydrogen-bond donors (Lipinski definition) is 3. The number of carbonyl (C=O) groups excluding carboxylic acids is 2. The molecule has 0 aromatic heterocycles. The van der Waals surface area contributed by atoms with Gasteiger partial charge in [0.1, 0.15) is 5.60 Å². The van der Waals surface area contributed by atoms with Gasteiger partial charge in [-0.05, 0) is 27.7 Å². The number of alkyl carbamates (subject to hydrolysis) is 1. The molecule has 0 fully saturated rings. The Kier molecular flexibility index (Phi) is 5.81. The lowest BCUT2D eigenvalue weighted by atomic mass is 10.2. The van der Waals surface area contributed by atoms with Crippen LogP contribution in [0.1, 0.15) is 27.7 Å². The number of hydrogen-bond acceptors (Lipinski definition) is 4. The molecule has 6 heteroatoms. The molecule has 0 unspecified atom stereocenters. The van der Waals surface area contributed by atoms with Crippen molar-refractivity contribution in [2.45, 2.75) is 39.3 Å². The van der Waals surface area contributed by atoms with E-state index in [9.17, 15) is 9.59 Å². The highest BCUT2D eigenvalue weighted by molar-refractivity contribution is 5.80. The predicted molar refractivity (Wildman–Crippen MR) is 60.9 cm³/mol. The van der Waals surface area contributed by atoms with E-state index >= 15 is 0 Å². The van der Waals surface area contributed by atoms with Crippen molar-refractivity contribution in [3.05, 3.63) is 0 Å². The van der Waals surface area contributed by atoms with Gasteiger partial charge in [0.25, 0.3) is 0 Å². The average Bonchev–Trinajstić information content (AvgIpc) is 2.08. The molecule has 4 N–H and O–H groups in total. The van der Waals surface area contributed by atoms with Crippen LogP contribution < -0.4 is 16.4 Å². The maximum Gasteiger partial charge on any atom is 0.407 e. The Hall–Kier alpha value is -1.30. The Balaban J connectivity index is 3.60. The van der Waals surface area contributed by atoms with Crippen LogP contribution in [0.5, 0.6) is 0 Å². The molecule has 2 amide bonds. The molecule has 0 saturated carbocycles. The molecule has 0 aliphatic rings. The van der Waals surface area contributed by atoms with Gasteiger partial charge < -0.3 is 21.1 Å². The van der Waals surface area contributed by atoms with Gasteiger partial charge in [-0.15, -0.1) is 0 Å². The molecule has 16 heavy (non-hydrogen) atoms. The van der Waals surface area contributed by atoms with Gasteiger partial charge in [0, 0.05) is 13.1 Å². The second-order valence-corrected chi connectivity index (χ2v) is 4.51. The van der Waals surface area contributed by atoms with E-state index in [4.69, 9.17) is 10.5 Å². The van der Waals surface area contributed by atoms with E-state index in [-0.39, 0.29) is 5.91 Å². The van der Waals surface area contributed by atoms with Crippen LogP contribution in [-0.2, 0) is 9.53 Å². The quantitative estimate of drug-likeness (QED) is 0.592. The van der Waals surface area contributed by atoms with Crippen molar-refractivity contribution in [1.29, 1.82) is 0 Å². The molecule has 0 spiro atoms. The third kappa shape index (κ3) is 8.05. The first-order chi connectivity index (χ1) is 7.22. The molecular weight excluding hydrogens is 210 g/mol. The second-order valence-electron chi connectivity index (χ2n) is 4.51. The molecule has 1 atom stereocenters. The minimum absolute atomic E-state index is 0.244. The van der Waals surface area contributed by atoms with Crippen molar-refractivity contribution in [3.8, 4) is 0 Å². The number of ether oxygens (including phenoxy) is 1. The number of nitrogens with two attached hydrogens (primary N) is 1. The summed E-state index contributed by atoms with van der Waals surface area (Å²) in [6.45, 7) is 7.59. The summed E-state index contributed by atoms with van der Waals surface area (Å²) >= 11 is 0. The lowest BCUT2D eigenvalue weighted by molar-refractivity contribution is -0.121. The van der Waals surface area contributed by atoms with E-state index in [0.29, 0.717) is 13.1 Å². The molecule has 0 saturated heterocycles. The summed E-state index contributed by atoms with van der Waals surface area (Å²) in [6.07, 6.45) is -0.498. The Morgan fingerprint density at radius 3 is 2.19 bits per heavy atom. The second kappa shape index (κ2) is 6.32. The van der Waals surface area contributed by atoms with Crippen molar-refractivity contribution >= 4 is 12.0 Å². The molecular formula is C10H21N3O3. The van der Waals surface area contributed by atoms with Gasteiger partial charge >= 0.3 is 6.09 Å². The van der Waals surface area contributed by atoms with Gasteiger partial charge in [0.2, 0.25) is 5.91 Å². The van der Waals surface area contributed by atoms with Gasteiger partial charge in [-0.2, -0.15) is 0 Å². The van der Waals surface area contributed by atoms with Crippen LogP contribution in [0.15, 0.2) is 0 Å². The molecule has 94 valence electrons. The molecule has 6 nitrogen and oxygen atoms in total. The van der Waals surface area contributed by atoms with E-state index < -0.39 is 17.7 Å². The summed E-state index contributed by atoms with van der Waals surface area (Å²) in [5, 5.41) is 5.08. The van der Waals surface area contributed by atoms with Crippen LogP contribution in [0.3, 0.4) is 0 Å². The van der Waals surface area contributed by atoms with E-state index in [1.165, 1.54) is 0 Å². The zero-order valence-corrected chi connectivity index (χ0v) is 10.3. The van der Waals surface area contributed by atoms with E-state index in [1.54, 1.807) is 27.7 Å². The molecule has 0 heterocycles. The smallest absolute Gasteiger partial charge is 0.407 e. The summed E-state index contributed by atoms with van der Waals surface area (Å²) in [5.41, 5.74) is 4.82. The van der Waals surface area contributed by atoms with Crippen LogP contribution in [-0.4, -0.2) is 36.7 Å². The van der Waals surface area contributed by atoms with Crippen LogP contribution >= 0.6 is 0 Å². The van der Waals surface area contributed by atoms with E-state index in [1.807, 2.05) is 0 Å². The largest absolute Gasteiger partial charge is 0.444 e. The highest BCUT2D eigenvalue weighted by atomic mass is 16.6. The predicted octanol–water partition coefficient (Wildman–Crippen LogP) is -0.0255. The first-order valence-corrected chi connectivity index (χ1v) is 5.22. The molecule has 0 aliphatic carbocycles. The fourth-order valence-corrected chi connectivity index (χ4v) is 0.825. The van der Waals surface area contributed by atoms with Crippen molar-refractivity contribution in [1.82, 2.24) is 10.6 Å². The van der Waals surface area contributed by atoms with E-state index in [0.717, 1.165) is 0 Å². The third-order valence-corrected chi connectivity index (χ3v) is 1.51. The van der Waals surface area contributed by atoms with Gasteiger partial charge in [0.15, 0.2) is 0 Å². The van der Waals surface area contributed by atoms with Gasteiger partial charge in [-0.1, -0.05) is 0 Å².